The zero-order valence-electron chi connectivity index (χ0n) is 5.68. The molecule has 0 fully saturated rings. The van der Waals surface area contributed by atoms with Gasteiger partial charge in [0.1, 0.15) is 5.83 Å². The minimum Gasteiger partial charge on any atom is -0.326 e. The fourth-order valence-electron chi connectivity index (χ4n) is 0.813. The number of nitrogens with two attached hydrogens (primary N) is 1. The number of rotatable bonds is 1. The molecule has 0 aromatic rings. The van der Waals surface area contributed by atoms with Crippen LogP contribution in [0, 0.1) is 0 Å². The molecule has 0 amide bonds. The van der Waals surface area contributed by atoms with Crippen molar-refractivity contribution >= 4 is 0 Å². The van der Waals surface area contributed by atoms with Gasteiger partial charge in [-0.1, -0.05) is 18.2 Å². The van der Waals surface area contributed by atoms with E-state index in [9.17, 15) is 4.39 Å². The van der Waals surface area contributed by atoms with Crippen LogP contribution in [0.5, 0.6) is 0 Å². The average Bonchev–Trinajstić information content (AvgIpc) is 2.13. The lowest BCUT2D eigenvalue weighted by Gasteiger charge is -1.94. The summed E-state index contributed by atoms with van der Waals surface area (Å²) in [5.41, 5.74) is 5.86. The van der Waals surface area contributed by atoms with Crippen LogP contribution in [0.2, 0.25) is 0 Å². The molecule has 0 atom stereocenters. The van der Waals surface area contributed by atoms with Crippen molar-refractivity contribution in [2.24, 2.45) is 5.73 Å². The summed E-state index contributed by atoms with van der Waals surface area (Å²) in [5.74, 6) is -0.212. The lowest BCUT2D eigenvalue weighted by Crippen LogP contribution is -2.01. The summed E-state index contributed by atoms with van der Waals surface area (Å²) < 4.78 is 12.8. The van der Waals surface area contributed by atoms with Crippen LogP contribution in [0.4, 0.5) is 4.39 Å². The SMILES string of the molecule is NCC1=C(F)C=CCC=C1. The summed E-state index contributed by atoms with van der Waals surface area (Å²) in [7, 11) is 0. The Kier molecular flexibility index (Phi) is 2.40. The molecule has 0 unspecified atom stereocenters. The first kappa shape index (κ1) is 7.22. The topological polar surface area (TPSA) is 26.0 Å². The van der Waals surface area contributed by atoms with E-state index >= 15 is 0 Å². The molecule has 2 N–H and O–H groups in total. The van der Waals surface area contributed by atoms with E-state index < -0.39 is 0 Å². The summed E-state index contributed by atoms with van der Waals surface area (Å²) in [4.78, 5) is 0. The normalized spacial score (nSPS) is 17.8. The van der Waals surface area contributed by atoms with Gasteiger partial charge in [-0.05, 0) is 12.5 Å². The van der Waals surface area contributed by atoms with Crippen LogP contribution in [0.1, 0.15) is 6.42 Å². The second-order valence-electron chi connectivity index (χ2n) is 2.12. The van der Waals surface area contributed by atoms with E-state index in [0.717, 1.165) is 6.42 Å². The molecular weight excluding hydrogens is 129 g/mol. The molecule has 1 aliphatic rings. The first-order chi connectivity index (χ1) is 4.84. The second-order valence-corrected chi connectivity index (χ2v) is 2.12. The molecule has 0 bridgehead atoms. The number of halogens is 1. The lowest BCUT2D eigenvalue weighted by molar-refractivity contribution is 0.655. The van der Waals surface area contributed by atoms with Crippen LogP contribution in [-0.2, 0) is 0 Å². The van der Waals surface area contributed by atoms with Crippen molar-refractivity contribution in [2.75, 3.05) is 6.54 Å². The first-order valence-corrected chi connectivity index (χ1v) is 3.26. The summed E-state index contributed by atoms with van der Waals surface area (Å²) in [5, 5.41) is 0. The average molecular weight is 139 g/mol. The van der Waals surface area contributed by atoms with Crippen molar-refractivity contribution in [3.05, 3.63) is 35.7 Å². The lowest BCUT2D eigenvalue weighted by atomic mass is 10.2. The quantitative estimate of drug-likeness (QED) is 0.587. The van der Waals surface area contributed by atoms with E-state index in [1.54, 1.807) is 12.2 Å². The Balaban J connectivity index is 2.88. The van der Waals surface area contributed by atoms with Crippen LogP contribution in [0.3, 0.4) is 0 Å². The fraction of sp³-hybridized carbons (Fsp3) is 0.250. The van der Waals surface area contributed by atoms with Crippen LogP contribution >= 0.6 is 0 Å². The summed E-state index contributed by atoms with van der Waals surface area (Å²) in [6.07, 6.45) is 7.65. The zero-order chi connectivity index (χ0) is 7.40. The molecule has 54 valence electrons. The summed E-state index contributed by atoms with van der Waals surface area (Å²) >= 11 is 0. The molecule has 0 saturated carbocycles. The standard InChI is InChI=1S/C8H10FN/c9-8-5-3-1-2-4-7(8)6-10/h2-5H,1,6,10H2. The van der Waals surface area contributed by atoms with Crippen molar-refractivity contribution < 1.29 is 4.39 Å². The van der Waals surface area contributed by atoms with E-state index in [1.165, 1.54) is 6.08 Å². The van der Waals surface area contributed by atoms with E-state index in [-0.39, 0.29) is 12.4 Å². The zero-order valence-corrected chi connectivity index (χ0v) is 5.68. The Morgan fingerprint density at radius 2 is 2.10 bits per heavy atom. The Labute approximate surface area is 59.7 Å². The summed E-state index contributed by atoms with van der Waals surface area (Å²) in [6.45, 7) is 0.271. The molecule has 1 nitrogen and oxygen atoms in total. The van der Waals surface area contributed by atoms with E-state index in [2.05, 4.69) is 0 Å². The summed E-state index contributed by atoms with van der Waals surface area (Å²) in [6, 6.07) is 0. The highest BCUT2D eigenvalue weighted by Gasteiger charge is 1.98. The smallest absolute Gasteiger partial charge is 0.127 e. The van der Waals surface area contributed by atoms with Crippen LogP contribution < -0.4 is 5.73 Å². The minimum atomic E-state index is -0.212. The molecule has 0 radical (unpaired) electrons. The van der Waals surface area contributed by atoms with Gasteiger partial charge in [0, 0.05) is 12.1 Å². The molecule has 1 rings (SSSR count). The van der Waals surface area contributed by atoms with Gasteiger partial charge in [0.2, 0.25) is 0 Å². The van der Waals surface area contributed by atoms with Crippen LogP contribution in [-0.4, -0.2) is 6.54 Å². The highest BCUT2D eigenvalue weighted by atomic mass is 19.1. The molecule has 0 saturated heterocycles. The third-order valence-corrected chi connectivity index (χ3v) is 1.38. The molecule has 0 aliphatic heterocycles. The van der Waals surface area contributed by atoms with Crippen LogP contribution in [0.15, 0.2) is 35.7 Å². The monoisotopic (exact) mass is 139 g/mol. The predicted molar refractivity (Wildman–Crippen MR) is 40.1 cm³/mol. The third kappa shape index (κ3) is 1.54. The third-order valence-electron chi connectivity index (χ3n) is 1.38. The second kappa shape index (κ2) is 3.32. The van der Waals surface area contributed by atoms with Gasteiger partial charge in [-0.2, -0.15) is 0 Å². The van der Waals surface area contributed by atoms with E-state index in [1.807, 2.05) is 6.08 Å². The Hall–Kier alpha value is -0.890. The van der Waals surface area contributed by atoms with Crippen molar-refractivity contribution in [1.29, 1.82) is 0 Å². The van der Waals surface area contributed by atoms with Crippen molar-refractivity contribution in [2.45, 2.75) is 6.42 Å². The Morgan fingerprint density at radius 3 is 2.80 bits per heavy atom. The van der Waals surface area contributed by atoms with E-state index in [0.29, 0.717) is 5.57 Å². The molecular formula is C8H10FN. The maximum absolute atomic E-state index is 12.8. The number of hydrogen-bond donors (Lipinski definition) is 1. The van der Waals surface area contributed by atoms with Crippen LogP contribution in [0.25, 0.3) is 0 Å². The van der Waals surface area contributed by atoms with Crippen molar-refractivity contribution in [3.8, 4) is 0 Å². The molecule has 1 aliphatic carbocycles. The minimum absolute atomic E-state index is 0.212. The maximum atomic E-state index is 12.8. The first-order valence-electron chi connectivity index (χ1n) is 3.26. The fourth-order valence-corrected chi connectivity index (χ4v) is 0.813. The van der Waals surface area contributed by atoms with E-state index in [4.69, 9.17) is 5.73 Å². The van der Waals surface area contributed by atoms with Crippen molar-refractivity contribution in [3.63, 3.8) is 0 Å². The molecule has 0 spiro atoms. The molecule has 0 aromatic carbocycles. The molecule has 0 heterocycles. The highest BCUT2D eigenvalue weighted by molar-refractivity contribution is 5.32. The van der Waals surface area contributed by atoms with Gasteiger partial charge < -0.3 is 5.73 Å². The van der Waals surface area contributed by atoms with Gasteiger partial charge in [-0.3, -0.25) is 0 Å². The highest BCUT2D eigenvalue weighted by Crippen LogP contribution is 2.12. The van der Waals surface area contributed by atoms with Gasteiger partial charge in [-0.15, -0.1) is 0 Å². The van der Waals surface area contributed by atoms with Gasteiger partial charge in [0.25, 0.3) is 0 Å². The maximum Gasteiger partial charge on any atom is 0.127 e. The number of allylic oxidation sites excluding steroid dienone is 4. The molecule has 2 heteroatoms. The Morgan fingerprint density at radius 1 is 1.40 bits per heavy atom. The van der Waals surface area contributed by atoms with Crippen molar-refractivity contribution in [1.82, 2.24) is 0 Å². The largest absolute Gasteiger partial charge is 0.326 e. The number of hydrogen-bond acceptors (Lipinski definition) is 1. The predicted octanol–water partition coefficient (Wildman–Crippen LogP) is 1.68. The van der Waals surface area contributed by atoms with Gasteiger partial charge >= 0.3 is 0 Å². The van der Waals surface area contributed by atoms with Gasteiger partial charge in [-0.25, -0.2) is 4.39 Å². The Bertz CT molecular complexity index is 201. The molecule has 10 heavy (non-hydrogen) atoms. The molecule has 0 aromatic heterocycles. The van der Waals surface area contributed by atoms with Gasteiger partial charge in [0.05, 0.1) is 0 Å². The van der Waals surface area contributed by atoms with Gasteiger partial charge in [0.15, 0.2) is 0 Å².